The number of aliphatic hydroxyl groups is 5. The maximum absolute atomic E-state index is 13.2. The number of pyridine rings is 3. The summed E-state index contributed by atoms with van der Waals surface area (Å²) in [5, 5.41) is 67.4. The van der Waals surface area contributed by atoms with E-state index in [1.807, 2.05) is 0 Å². The Morgan fingerprint density at radius 2 is 0.848 bits per heavy atom. The molecule has 21 heterocycles. The van der Waals surface area contributed by atoms with Crippen molar-refractivity contribution in [3.8, 4) is 0 Å². The molecule has 0 amide bonds. The Morgan fingerprint density at radius 1 is 0.394 bits per heavy atom. The van der Waals surface area contributed by atoms with Crippen LogP contribution in [-0.2, 0) is 110 Å². The number of hydrogen-bond donors (Lipinski definition) is 18. The summed E-state index contributed by atoms with van der Waals surface area (Å²) in [5.74, 6) is -0.321. The van der Waals surface area contributed by atoms with Crippen molar-refractivity contribution >= 4 is 131 Å². The highest BCUT2D eigenvalue weighted by Gasteiger charge is 2.59. The first-order chi connectivity index (χ1) is 62.7. The fourth-order valence-corrected chi connectivity index (χ4v) is 21.7. The number of aromatic amines is 3. The zero-order valence-corrected chi connectivity index (χ0v) is 71.7. The fraction of sp³-hybridized carbons (Fsp3) is 0.476. The summed E-state index contributed by atoms with van der Waals surface area (Å²) in [6.07, 6.45) is -21.2. The summed E-state index contributed by atoms with van der Waals surface area (Å²) >= 11 is 0. The highest BCUT2D eigenvalue weighted by Crippen LogP contribution is 2.59. The van der Waals surface area contributed by atoms with Crippen LogP contribution >= 0.6 is 46.9 Å². The molecule has 0 saturated carbocycles. The van der Waals surface area contributed by atoms with E-state index in [1.54, 1.807) is 18.3 Å². The maximum atomic E-state index is 13.2. The number of imidazole rings is 4. The Morgan fingerprint density at radius 3 is 1.42 bits per heavy atom. The Hall–Kier alpha value is -9.67. The molecule has 9 aliphatic heterocycles. The number of rotatable bonds is 6. The minimum Gasteiger partial charge on any atom is -0.398 e. The zero-order valence-electron chi connectivity index (χ0n) is 66.3. The number of phosphoric acid groups is 6. The van der Waals surface area contributed by atoms with Crippen molar-refractivity contribution in [1.82, 2.24) is 103 Å². The van der Waals surface area contributed by atoms with Crippen LogP contribution in [0.25, 0.3) is 61.3 Å². The maximum Gasteiger partial charge on any atom is 0.472 e. The highest BCUT2D eigenvalue weighted by molar-refractivity contribution is 7.48. The summed E-state index contributed by atoms with van der Waals surface area (Å²) in [4.78, 5) is 144. The molecule has 9 fully saturated rings. The van der Waals surface area contributed by atoms with E-state index in [2.05, 4.69) is 75.2 Å². The first-order valence-electron chi connectivity index (χ1n) is 38.8. The average Bonchev–Trinajstić information content (AvgIpc) is 1.61. The van der Waals surface area contributed by atoms with Gasteiger partial charge in [-0.2, -0.15) is 14.8 Å². The Labute approximate surface area is 729 Å². The van der Waals surface area contributed by atoms with E-state index in [-0.39, 0.29) is 68.5 Å². The molecule has 22 N–H and O–H groups in total. The molecule has 63 nitrogen and oxygen atoms in total. The molecule has 8 unspecified atom stereocenters. The van der Waals surface area contributed by atoms with Gasteiger partial charge in [0.2, 0.25) is 11.6 Å². The van der Waals surface area contributed by atoms with Gasteiger partial charge in [0.25, 0.3) is 16.7 Å². The van der Waals surface area contributed by atoms with Gasteiger partial charge in [0.1, 0.15) is 127 Å². The van der Waals surface area contributed by atoms with Crippen LogP contribution in [0.2, 0.25) is 0 Å². The molecule has 132 heavy (non-hydrogen) atoms. The number of nitrogens with zero attached hydrogens (tertiary/aromatic N) is 18. The van der Waals surface area contributed by atoms with Crippen molar-refractivity contribution in [1.29, 1.82) is 0 Å². The quantitative estimate of drug-likeness (QED) is 0.0718. The number of H-pyrrole nitrogens is 3. The number of aromatic nitrogens is 21. The van der Waals surface area contributed by atoms with E-state index < -0.39 is 244 Å². The summed E-state index contributed by atoms with van der Waals surface area (Å²) in [6.45, 7) is -4.47. The molecule has 6 bridgehead atoms. The van der Waals surface area contributed by atoms with Crippen LogP contribution in [0.1, 0.15) is 49.4 Å². The second kappa shape index (κ2) is 34.9. The van der Waals surface area contributed by atoms with Crippen LogP contribution in [0.3, 0.4) is 0 Å². The second-order valence-corrected chi connectivity index (χ2v) is 38.8. The van der Waals surface area contributed by atoms with Gasteiger partial charge in [-0.25, -0.2) is 71.8 Å². The van der Waals surface area contributed by atoms with Gasteiger partial charge in [-0.15, -0.1) is 5.10 Å². The van der Waals surface area contributed by atoms with Crippen molar-refractivity contribution in [2.75, 3.05) is 62.6 Å². The van der Waals surface area contributed by atoms with Gasteiger partial charge in [0.05, 0.1) is 94.3 Å². The number of nitrogen functional groups attached to an aromatic ring is 4. The van der Waals surface area contributed by atoms with Gasteiger partial charge in [-0.05, 0) is 24.3 Å². The minimum atomic E-state index is -5.13. The van der Waals surface area contributed by atoms with Crippen molar-refractivity contribution < 1.29 is 165 Å². The molecule has 0 spiro atoms. The molecule has 9 saturated heterocycles. The van der Waals surface area contributed by atoms with Gasteiger partial charge in [0, 0.05) is 42.3 Å². The van der Waals surface area contributed by atoms with Crippen molar-refractivity contribution in [3.63, 3.8) is 0 Å². The predicted octanol–water partition coefficient (Wildman–Crippen LogP) is -3.50. The Kier molecular flexibility index (Phi) is 24.2. The molecule has 69 heteroatoms. The predicted molar refractivity (Wildman–Crippen MR) is 426 cm³/mol. The van der Waals surface area contributed by atoms with Crippen molar-refractivity contribution in [3.05, 3.63) is 124 Å². The Balaban J connectivity index is 0.000000128. The number of ether oxygens (including phenoxy) is 6. The van der Waals surface area contributed by atoms with Gasteiger partial charge >= 0.3 is 46.9 Å². The first-order valence-corrected chi connectivity index (χ1v) is 47.8. The van der Waals surface area contributed by atoms with Crippen LogP contribution in [0.15, 0.2) is 101 Å². The van der Waals surface area contributed by atoms with E-state index in [0.717, 1.165) is 21.9 Å². The smallest absolute Gasteiger partial charge is 0.398 e. The number of anilines is 4. The van der Waals surface area contributed by atoms with Crippen molar-refractivity contribution in [2.24, 2.45) is 0 Å². The molecule has 12 aromatic heterocycles. The third kappa shape index (κ3) is 17.6. The van der Waals surface area contributed by atoms with Gasteiger partial charge in [-0.1, -0.05) is 5.21 Å². The van der Waals surface area contributed by atoms with Crippen LogP contribution in [0.5, 0.6) is 0 Å². The third-order valence-corrected chi connectivity index (χ3v) is 28.0. The summed E-state index contributed by atoms with van der Waals surface area (Å²) in [6, 6.07) is 6.26. The summed E-state index contributed by atoms with van der Waals surface area (Å²) in [7, 11) is -30.0. The number of phosphoric ester groups is 6. The molecule has 9 aliphatic rings. The van der Waals surface area contributed by atoms with Crippen LogP contribution in [-0.4, -0.2) is 301 Å². The molecular weight excluding hydrogens is 1900 g/mol. The third-order valence-electron chi connectivity index (χ3n) is 22.0. The van der Waals surface area contributed by atoms with E-state index in [1.165, 1.54) is 74.2 Å². The number of nitrogens with one attached hydrogen (secondary N) is 3. The average molecular weight is 1970 g/mol. The number of hydrogen-bond acceptors (Lipinski definition) is 48. The molecule has 29 atom stereocenters. The largest absolute Gasteiger partial charge is 0.472 e. The lowest BCUT2D eigenvalue weighted by Crippen LogP contribution is -2.36. The zero-order chi connectivity index (χ0) is 92.9. The molecule has 0 aromatic carbocycles. The molecule has 708 valence electrons. The van der Waals surface area contributed by atoms with Gasteiger partial charge in [0.15, 0.2) is 64.8 Å². The van der Waals surface area contributed by atoms with Crippen LogP contribution < -0.4 is 39.6 Å². The van der Waals surface area contributed by atoms with Crippen LogP contribution in [0.4, 0.5) is 23.0 Å². The topological polar surface area (TPSA) is 877 Å². The van der Waals surface area contributed by atoms with E-state index in [0.29, 0.717) is 27.9 Å². The van der Waals surface area contributed by atoms with Crippen LogP contribution in [0, 0.1) is 0 Å². The standard InChI is InChI=1S/C22H25N7O12P2.C21H24N8O13P2.C20H24N10O13P2/c23-12-1-3-24-18-11(12)2-4-28(18)22-16(30)17-14(39-22)7-37-42(32,33)40-13-5-10(6-36-43(34,35)41-17)38-21(13)29-9-27-15-19(29)25-8-26-20(15)31;22-8-1-2-23-18-12(8)26-7-28(18)21-14(31)16-11(40-21)5-38-44(35,36)42-17-13(30)10(4-37-43(33,34)41-16)39-15(17)9-3-24-19-20(32)25-6-27-29(9)19;21-6-1-2-23-15-9(6)24-5-29(15)18-12(32)13-8(41-18)4-39-45(36,37)43-14-11(31)7(3-38-44(34,35)42-13)40-19(14)30-16-10(27-28-30)17(33)26-20(22)25-16/h1-4,8-10,13-14,16-17,21-22,30H,5-7H2,(H2,23,24)(H,32,33)(H,34,35)(H,25,26,31);1-3,6-7,10-11,13-17,21,30-31H,4-5H2,(H2,22,23)(H,33,34)(H,35,36)(H,25,27,32);1-2,5,7-8,11-14,18-19,31-32H,3-4H2,(H2,21,23)(H,34,35)(H,36,37)(H3,22,25,26,33)/t10?,13-,14?,16-,17-,21-,22-;10-,11-,13-,14-,15+,16-,17-,21-;7-,8-,11-,12-,13-,14-,18-,19-/m111/s1. The summed E-state index contributed by atoms with van der Waals surface area (Å²) < 4.78 is 184. The lowest BCUT2D eigenvalue weighted by Gasteiger charge is -2.25. The number of fused-ring (bicyclic) bond motifs is 15. The minimum absolute atomic E-state index is 0.0125. The number of aliphatic hydroxyl groups excluding tert-OH is 5. The second-order valence-electron chi connectivity index (χ2n) is 30.3. The van der Waals surface area contributed by atoms with E-state index in [4.69, 9.17) is 106 Å². The lowest BCUT2D eigenvalue weighted by molar-refractivity contribution is -0.0708. The van der Waals surface area contributed by atoms with Gasteiger partial charge in [-0.3, -0.25) is 87.4 Å². The molecular formula is C63H73N25O38P6. The molecule has 0 radical (unpaired) electrons. The molecule has 0 aliphatic carbocycles. The lowest BCUT2D eigenvalue weighted by atomic mass is 10.1. The number of nitrogens with two attached hydrogens (primary N) is 4. The Bertz CT molecular complexity index is 6940. The first kappa shape index (κ1) is 91.4. The fourth-order valence-electron chi connectivity index (χ4n) is 16.0. The normalized spacial score (nSPS) is 37.7. The monoisotopic (exact) mass is 1970 g/mol. The molecule has 21 rings (SSSR count). The highest BCUT2D eigenvalue weighted by atomic mass is 31.2. The van der Waals surface area contributed by atoms with Crippen molar-refractivity contribution in [2.45, 2.75) is 147 Å². The van der Waals surface area contributed by atoms with E-state index >= 15 is 0 Å². The summed E-state index contributed by atoms with van der Waals surface area (Å²) in [5.41, 5.74) is 23.4. The SMILES string of the molecule is Nc1ccnc2c1ccn2[C@@H]1OC2COP(=O)(O)O[C@@H]3CC(COP(=O)(O)O[C@H]2[C@H]1O)O[C@H]3n1cnc2c(=O)[nH]cnc21.Nc1ccnc2c1ncn2[C@@H]1O[C@@H]2COP(=O)(O)O[C@@H]3[C@H](O)[C@@H](COP(=O)(O)O[C@H]2[C@H]1O)O[C@H]3c1cnc2c(=O)[nH]cnn12.Nc1nc2c(nnn2[C@@H]2O[C@@H]3COP(=O)(O)O[C@H]4[C@@H](O)[C@H](n5cnc6c(N)ccnc65)O[C@@H]4COP(=O)(O)O[C@@H]2[C@@H]3O)c(=O)[nH]1. The van der Waals surface area contributed by atoms with E-state index in [9.17, 15) is 96.7 Å². The van der Waals surface area contributed by atoms with Gasteiger partial charge < -0.3 is 121 Å². The molecule has 12 aromatic rings.